The quantitative estimate of drug-likeness (QED) is 0.764. The lowest BCUT2D eigenvalue weighted by Crippen LogP contribution is -2.42. The molecule has 1 aliphatic rings. The van der Waals surface area contributed by atoms with E-state index in [0.717, 1.165) is 11.1 Å². The lowest BCUT2D eigenvalue weighted by Gasteiger charge is -2.25. The predicted molar refractivity (Wildman–Crippen MR) is 70.6 cm³/mol. The molecule has 98 valence electrons. The Bertz CT molecular complexity index is 537. The Balaban J connectivity index is 1.99. The molecule has 5 heteroatoms. The lowest BCUT2D eigenvalue weighted by atomic mass is 10.0. The third-order valence-corrected chi connectivity index (χ3v) is 4.86. The number of nitrogens with zero attached hydrogens (tertiary/aromatic N) is 1. The molecule has 2 rings (SSSR count). The first-order valence-corrected chi connectivity index (χ1v) is 7.82. The van der Waals surface area contributed by atoms with Gasteiger partial charge in [0.1, 0.15) is 0 Å². The highest BCUT2D eigenvalue weighted by atomic mass is 32.2. The van der Waals surface area contributed by atoms with Gasteiger partial charge in [0.2, 0.25) is 0 Å². The highest BCUT2D eigenvalue weighted by Gasteiger charge is 2.23. The summed E-state index contributed by atoms with van der Waals surface area (Å²) in [6, 6.07) is 7.48. The number of carbonyl (C=O) groups is 1. The summed E-state index contributed by atoms with van der Waals surface area (Å²) in [5.74, 6) is 0.384. The normalized spacial score (nSPS) is 19.6. The van der Waals surface area contributed by atoms with E-state index < -0.39 is 9.84 Å². The summed E-state index contributed by atoms with van der Waals surface area (Å²) in [6.45, 7) is 3.13. The fraction of sp³-hybridized carbons (Fsp3) is 0.462. The zero-order chi connectivity index (χ0) is 13.2. The SMILES string of the molecule is Cc1ccccc1C(=O)CN1CCS(=O)(=O)CC1. The zero-order valence-electron chi connectivity index (χ0n) is 10.4. The van der Waals surface area contributed by atoms with Crippen LogP contribution in [0.4, 0.5) is 0 Å². The predicted octanol–water partition coefficient (Wildman–Crippen LogP) is 0.908. The second-order valence-corrected chi connectivity index (χ2v) is 6.97. The molecule has 4 nitrogen and oxygen atoms in total. The van der Waals surface area contributed by atoms with Crippen molar-refractivity contribution in [2.45, 2.75) is 6.92 Å². The Morgan fingerprint density at radius 3 is 2.44 bits per heavy atom. The maximum absolute atomic E-state index is 12.1. The van der Waals surface area contributed by atoms with E-state index in [-0.39, 0.29) is 17.3 Å². The second-order valence-electron chi connectivity index (χ2n) is 4.67. The topological polar surface area (TPSA) is 54.5 Å². The zero-order valence-corrected chi connectivity index (χ0v) is 11.2. The molecule has 1 aliphatic heterocycles. The van der Waals surface area contributed by atoms with Gasteiger partial charge in [0.05, 0.1) is 18.1 Å². The highest BCUT2D eigenvalue weighted by Crippen LogP contribution is 2.10. The van der Waals surface area contributed by atoms with E-state index in [9.17, 15) is 13.2 Å². The van der Waals surface area contributed by atoms with E-state index >= 15 is 0 Å². The number of hydrogen-bond donors (Lipinski definition) is 0. The number of sulfone groups is 1. The smallest absolute Gasteiger partial charge is 0.177 e. The van der Waals surface area contributed by atoms with Gasteiger partial charge in [-0.2, -0.15) is 0 Å². The van der Waals surface area contributed by atoms with Crippen LogP contribution in [0.1, 0.15) is 15.9 Å². The van der Waals surface area contributed by atoms with Crippen molar-refractivity contribution in [3.8, 4) is 0 Å². The molecule has 0 N–H and O–H groups in total. The summed E-state index contributed by atoms with van der Waals surface area (Å²) in [4.78, 5) is 14.0. The molecule has 0 radical (unpaired) electrons. The summed E-state index contributed by atoms with van der Waals surface area (Å²) in [7, 11) is -2.88. The number of hydrogen-bond acceptors (Lipinski definition) is 4. The van der Waals surface area contributed by atoms with Crippen LogP contribution in [0.15, 0.2) is 24.3 Å². The Hall–Kier alpha value is -1.20. The summed E-state index contributed by atoms with van der Waals surface area (Å²) in [6.07, 6.45) is 0. The first kappa shape index (κ1) is 13.2. The average molecular weight is 267 g/mol. The van der Waals surface area contributed by atoms with Gasteiger partial charge >= 0.3 is 0 Å². The van der Waals surface area contributed by atoms with Crippen molar-refractivity contribution >= 4 is 15.6 Å². The molecule has 1 saturated heterocycles. The maximum Gasteiger partial charge on any atom is 0.177 e. The van der Waals surface area contributed by atoms with Gasteiger partial charge in [-0.1, -0.05) is 24.3 Å². The lowest BCUT2D eigenvalue weighted by molar-refractivity contribution is 0.0935. The third-order valence-electron chi connectivity index (χ3n) is 3.25. The molecule has 1 aromatic carbocycles. The van der Waals surface area contributed by atoms with Crippen molar-refractivity contribution in [3.05, 3.63) is 35.4 Å². The summed E-state index contributed by atoms with van der Waals surface area (Å²) in [5.41, 5.74) is 1.69. The molecule has 0 unspecified atom stereocenters. The van der Waals surface area contributed by atoms with Gasteiger partial charge in [-0.05, 0) is 12.5 Å². The number of carbonyl (C=O) groups excluding carboxylic acids is 1. The van der Waals surface area contributed by atoms with Crippen LogP contribution >= 0.6 is 0 Å². The fourth-order valence-electron chi connectivity index (χ4n) is 2.08. The van der Waals surface area contributed by atoms with Crippen LogP contribution in [0.5, 0.6) is 0 Å². The van der Waals surface area contributed by atoms with Crippen molar-refractivity contribution < 1.29 is 13.2 Å². The van der Waals surface area contributed by atoms with Gasteiger partial charge in [0, 0.05) is 18.7 Å². The van der Waals surface area contributed by atoms with E-state index in [2.05, 4.69) is 0 Å². The Labute approximate surface area is 108 Å². The first-order chi connectivity index (χ1) is 8.48. The van der Waals surface area contributed by atoms with Crippen LogP contribution in [0, 0.1) is 6.92 Å². The van der Waals surface area contributed by atoms with Gasteiger partial charge < -0.3 is 0 Å². The number of Topliss-reactive ketones (excluding diaryl/α,β-unsaturated/α-hetero) is 1. The summed E-state index contributed by atoms with van der Waals surface area (Å²) >= 11 is 0. The summed E-state index contributed by atoms with van der Waals surface area (Å²) < 4.78 is 22.6. The molecule has 0 spiro atoms. The molecule has 18 heavy (non-hydrogen) atoms. The third kappa shape index (κ3) is 3.17. The minimum Gasteiger partial charge on any atom is -0.294 e. The highest BCUT2D eigenvalue weighted by molar-refractivity contribution is 7.91. The van der Waals surface area contributed by atoms with Gasteiger partial charge in [0.15, 0.2) is 15.6 Å². The molecule has 0 aliphatic carbocycles. The van der Waals surface area contributed by atoms with Crippen LogP contribution < -0.4 is 0 Å². The van der Waals surface area contributed by atoms with Crippen LogP contribution in [-0.4, -0.2) is 50.2 Å². The Kier molecular flexibility index (Phi) is 3.82. The number of rotatable bonds is 3. The maximum atomic E-state index is 12.1. The largest absolute Gasteiger partial charge is 0.294 e. The van der Waals surface area contributed by atoms with Crippen LogP contribution in [0.2, 0.25) is 0 Å². The van der Waals surface area contributed by atoms with Crippen molar-refractivity contribution in [3.63, 3.8) is 0 Å². The number of ketones is 1. The molecule has 1 fully saturated rings. The number of benzene rings is 1. The fourth-order valence-corrected chi connectivity index (χ4v) is 3.36. The van der Waals surface area contributed by atoms with E-state index in [1.54, 1.807) is 0 Å². The van der Waals surface area contributed by atoms with Gasteiger partial charge in [0.25, 0.3) is 0 Å². The minimum atomic E-state index is -2.88. The average Bonchev–Trinajstić information content (AvgIpc) is 2.32. The summed E-state index contributed by atoms with van der Waals surface area (Å²) in [5, 5.41) is 0. The molecule has 0 aromatic heterocycles. The van der Waals surface area contributed by atoms with Crippen LogP contribution in [-0.2, 0) is 9.84 Å². The second kappa shape index (κ2) is 5.20. The van der Waals surface area contributed by atoms with E-state index in [1.807, 2.05) is 36.1 Å². The molecule has 0 atom stereocenters. The first-order valence-electron chi connectivity index (χ1n) is 5.99. The van der Waals surface area contributed by atoms with Crippen LogP contribution in [0.25, 0.3) is 0 Å². The molecular weight excluding hydrogens is 250 g/mol. The van der Waals surface area contributed by atoms with Gasteiger partial charge in [-0.15, -0.1) is 0 Å². The van der Waals surface area contributed by atoms with Crippen molar-refractivity contribution in [1.82, 2.24) is 4.90 Å². The standard InChI is InChI=1S/C13H17NO3S/c1-11-4-2-3-5-12(11)13(15)10-14-6-8-18(16,17)9-7-14/h2-5H,6-10H2,1H3. The van der Waals surface area contributed by atoms with Crippen molar-refractivity contribution in [2.75, 3.05) is 31.1 Å². The van der Waals surface area contributed by atoms with Crippen molar-refractivity contribution in [1.29, 1.82) is 0 Å². The van der Waals surface area contributed by atoms with Gasteiger partial charge in [-0.25, -0.2) is 8.42 Å². The molecule has 0 bridgehead atoms. The van der Waals surface area contributed by atoms with E-state index in [4.69, 9.17) is 0 Å². The Morgan fingerprint density at radius 1 is 1.22 bits per heavy atom. The molecule has 1 heterocycles. The molecular formula is C13H17NO3S. The van der Waals surface area contributed by atoms with Gasteiger partial charge in [-0.3, -0.25) is 9.69 Å². The monoisotopic (exact) mass is 267 g/mol. The Morgan fingerprint density at radius 2 is 1.83 bits per heavy atom. The minimum absolute atomic E-state index is 0.0624. The van der Waals surface area contributed by atoms with E-state index in [0.29, 0.717) is 19.6 Å². The molecule has 0 saturated carbocycles. The van der Waals surface area contributed by atoms with E-state index in [1.165, 1.54) is 0 Å². The molecule has 1 aromatic rings. The van der Waals surface area contributed by atoms with Crippen molar-refractivity contribution in [2.24, 2.45) is 0 Å². The van der Waals surface area contributed by atoms with Crippen LogP contribution in [0.3, 0.4) is 0 Å². The number of aryl methyl sites for hydroxylation is 1. The molecule has 0 amide bonds.